The lowest BCUT2D eigenvalue weighted by Gasteiger charge is -2.46. The number of rotatable bonds is 7. The minimum Gasteiger partial charge on any atom is -0.376 e. The third kappa shape index (κ3) is 5.98. The van der Waals surface area contributed by atoms with Gasteiger partial charge >= 0.3 is 6.18 Å². The van der Waals surface area contributed by atoms with Crippen molar-refractivity contribution in [2.24, 2.45) is 5.92 Å². The number of benzene rings is 1. The molecule has 2 N–H and O–H groups in total. The van der Waals surface area contributed by atoms with Crippen LogP contribution >= 0.6 is 12.2 Å². The molecule has 0 spiro atoms. The maximum absolute atomic E-state index is 13.6. The van der Waals surface area contributed by atoms with E-state index < -0.39 is 33.9 Å². The van der Waals surface area contributed by atoms with Crippen molar-refractivity contribution in [2.45, 2.75) is 51.1 Å². The molecule has 8 nitrogen and oxygen atoms in total. The molecule has 0 radical (unpaired) electrons. The predicted molar refractivity (Wildman–Crippen MR) is 151 cm³/mol. The number of thiocarbonyl (C=S) groups is 1. The molecule has 2 heterocycles. The summed E-state index contributed by atoms with van der Waals surface area (Å²) in [6, 6.07) is 4.71. The largest absolute Gasteiger partial charge is 0.421 e. The van der Waals surface area contributed by atoms with Gasteiger partial charge in [-0.05, 0) is 36.6 Å². The number of halogens is 3. The van der Waals surface area contributed by atoms with Crippen LogP contribution in [-0.4, -0.2) is 91.0 Å². The van der Waals surface area contributed by atoms with Crippen molar-refractivity contribution in [2.75, 3.05) is 44.2 Å². The number of allylic oxidation sites excluding steroid dienone is 4. The van der Waals surface area contributed by atoms with Gasteiger partial charge < -0.3 is 15.3 Å². The van der Waals surface area contributed by atoms with Gasteiger partial charge in [-0.2, -0.15) is 17.5 Å². The summed E-state index contributed by atoms with van der Waals surface area (Å²) >= 11 is 5.34. The number of aliphatic hydroxyl groups is 1. The van der Waals surface area contributed by atoms with Gasteiger partial charge in [-0.25, -0.2) is 8.42 Å². The first kappa shape index (κ1) is 30.6. The molecule has 1 aromatic rings. The summed E-state index contributed by atoms with van der Waals surface area (Å²) in [5.74, 6) is -0.0751. The standard InChI is InChI=1S/C27H35F3N4O4S2/c1-18(2)24-25(35)31-12-13-32(24)16-21-17-33(40(37,38)23-7-5-4-6-22(23)39)14-15-34(21)20-10-8-19(9-11-20)26(3,36)27(28,29)30/h4-5,7-11,18,21,24,36H,6,12-17H2,1-3H3,(H,31,35)/t21-,24-,26+/m0/s1. The van der Waals surface area contributed by atoms with Crippen molar-refractivity contribution < 1.29 is 31.5 Å². The molecule has 1 aliphatic carbocycles. The number of anilines is 1. The molecule has 4 rings (SSSR count). The number of piperazine rings is 2. The van der Waals surface area contributed by atoms with Crippen LogP contribution in [0.25, 0.3) is 0 Å². The number of hydrogen-bond donors (Lipinski definition) is 2. The summed E-state index contributed by atoms with van der Waals surface area (Å²) < 4.78 is 68.8. The lowest BCUT2D eigenvalue weighted by Crippen LogP contribution is -2.63. The molecule has 13 heteroatoms. The fourth-order valence-electron chi connectivity index (χ4n) is 5.51. The number of nitrogens with one attached hydrogen (secondary N) is 1. The molecule has 0 bridgehead atoms. The average molecular weight is 601 g/mol. The Balaban J connectivity index is 1.66. The molecule has 2 fully saturated rings. The van der Waals surface area contributed by atoms with E-state index in [1.54, 1.807) is 12.2 Å². The summed E-state index contributed by atoms with van der Waals surface area (Å²) in [5.41, 5.74) is -2.70. The van der Waals surface area contributed by atoms with Crippen molar-refractivity contribution in [3.63, 3.8) is 0 Å². The van der Waals surface area contributed by atoms with Crippen LogP contribution in [0.3, 0.4) is 0 Å². The van der Waals surface area contributed by atoms with Gasteiger partial charge in [0.25, 0.3) is 0 Å². The van der Waals surface area contributed by atoms with Crippen molar-refractivity contribution in [1.82, 2.24) is 14.5 Å². The monoisotopic (exact) mass is 600 g/mol. The van der Waals surface area contributed by atoms with E-state index >= 15 is 0 Å². The number of carbonyl (C=O) groups excluding carboxylic acids is 1. The van der Waals surface area contributed by atoms with Crippen LogP contribution < -0.4 is 10.2 Å². The van der Waals surface area contributed by atoms with Crippen LogP contribution in [0.1, 0.15) is 32.8 Å². The fraction of sp³-hybridized carbons (Fsp3) is 0.556. The summed E-state index contributed by atoms with van der Waals surface area (Å²) in [5, 5.41) is 13.0. The van der Waals surface area contributed by atoms with Gasteiger partial charge in [0.05, 0.1) is 17.0 Å². The lowest BCUT2D eigenvalue weighted by atomic mass is 9.95. The number of nitrogens with zero attached hydrogens (tertiary/aromatic N) is 3. The molecule has 2 saturated heterocycles. The minimum atomic E-state index is -4.85. The molecular formula is C27H35F3N4O4S2. The lowest BCUT2D eigenvalue weighted by molar-refractivity contribution is -0.258. The summed E-state index contributed by atoms with van der Waals surface area (Å²) in [6.07, 6.45) is 0.512. The van der Waals surface area contributed by atoms with E-state index in [-0.39, 0.29) is 41.9 Å². The van der Waals surface area contributed by atoms with E-state index in [0.717, 1.165) is 0 Å². The number of carbonyl (C=O) groups is 1. The molecule has 0 unspecified atom stereocenters. The van der Waals surface area contributed by atoms with Gasteiger partial charge in [-0.3, -0.25) is 9.69 Å². The van der Waals surface area contributed by atoms with Gasteiger partial charge in [-0.15, -0.1) is 0 Å². The second-order valence-corrected chi connectivity index (χ2v) is 13.3. The van der Waals surface area contributed by atoms with E-state index in [1.165, 1.54) is 34.6 Å². The Hall–Kier alpha value is -2.32. The predicted octanol–water partition coefficient (Wildman–Crippen LogP) is 2.95. The molecule has 220 valence electrons. The SMILES string of the molecule is CC(C)[C@H]1C(=O)NCCN1C[C@H]1CN(S(=O)(=O)C2=CC=CCC2=S)CCN1c1ccc([C@@](C)(O)C(F)(F)F)cc1. The molecule has 40 heavy (non-hydrogen) atoms. The number of sulfonamides is 1. The average Bonchev–Trinajstić information content (AvgIpc) is 2.88. The number of hydrogen-bond acceptors (Lipinski definition) is 7. The summed E-state index contributed by atoms with van der Waals surface area (Å²) in [4.78, 5) is 17.2. The molecule has 2 aliphatic heterocycles. The van der Waals surface area contributed by atoms with Gasteiger partial charge in [0, 0.05) is 56.2 Å². The number of amides is 1. The van der Waals surface area contributed by atoms with E-state index in [9.17, 15) is 31.5 Å². The fourth-order valence-corrected chi connectivity index (χ4v) is 7.58. The van der Waals surface area contributed by atoms with Crippen molar-refractivity contribution in [3.8, 4) is 0 Å². The Kier molecular flexibility index (Phi) is 8.82. The maximum atomic E-state index is 13.6. The van der Waals surface area contributed by atoms with Gasteiger partial charge in [0.2, 0.25) is 15.9 Å². The Morgan fingerprint density at radius 3 is 2.42 bits per heavy atom. The summed E-state index contributed by atoms with van der Waals surface area (Å²) in [6.45, 7) is 6.57. The van der Waals surface area contributed by atoms with Crippen LogP contribution in [0.5, 0.6) is 0 Å². The normalized spacial score (nSPS) is 25.1. The Bertz CT molecular complexity index is 1290. The third-order valence-electron chi connectivity index (χ3n) is 7.78. The Morgan fingerprint density at radius 2 is 1.82 bits per heavy atom. The van der Waals surface area contributed by atoms with E-state index in [0.29, 0.717) is 43.5 Å². The van der Waals surface area contributed by atoms with Crippen LogP contribution in [0.2, 0.25) is 0 Å². The second kappa shape index (κ2) is 11.5. The highest BCUT2D eigenvalue weighted by molar-refractivity contribution is 7.96. The minimum absolute atomic E-state index is 0.0117. The molecule has 0 saturated carbocycles. The maximum Gasteiger partial charge on any atom is 0.421 e. The first-order valence-corrected chi connectivity index (χ1v) is 15.1. The molecule has 1 amide bonds. The van der Waals surface area contributed by atoms with Crippen molar-refractivity contribution in [3.05, 3.63) is 53.0 Å². The van der Waals surface area contributed by atoms with E-state index in [4.69, 9.17) is 12.2 Å². The first-order valence-electron chi connectivity index (χ1n) is 13.2. The molecule has 0 aromatic heterocycles. The smallest absolute Gasteiger partial charge is 0.376 e. The van der Waals surface area contributed by atoms with E-state index in [1.807, 2.05) is 23.6 Å². The highest BCUT2D eigenvalue weighted by Gasteiger charge is 2.51. The zero-order chi connectivity index (χ0) is 29.5. The molecule has 1 aromatic carbocycles. The van der Waals surface area contributed by atoms with Gasteiger partial charge in [-0.1, -0.05) is 50.4 Å². The highest BCUT2D eigenvalue weighted by Crippen LogP contribution is 2.39. The van der Waals surface area contributed by atoms with Crippen LogP contribution in [0.4, 0.5) is 18.9 Å². The second-order valence-electron chi connectivity index (χ2n) is 10.9. The third-order valence-corrected chi connectivity index (χ3v) is 10.2. The number of alkyl halides is 3. The van der Waals surface area contributed by atoms with Gasteiger partial charge in [0.15, 0.2) is 5.60 Å². The van der Waals surface area contributed by atoms with Crippen LogP contribution in [0.15, 0.2) is 47.4 Å². The van der Waals surface area contributed by atoms with Crippen LogP contribution in [-0.2, 0) is 20.4 Å². The quantitative estimate of drug-likeness (QED) is 0.465. The molecule has 3 atom stereocenters. The zero-order valence-electron chi connectivity index (χ0n) is 22.7. The van der Waals surface area contributed by atoms with Crippen molar-refractivity contribution >= 4 is 38.7 Å². The van der Waals surface area contributed by atoms with Gasteiger partial charge in [0.1, 0.15) is 0 Å². The van der Waals surface area contributed by atoms with E-state index in [2.05, 4.69) is 5.32 Å². The molecule has 3 aliphatic rings. The van der Waals surface area contributed by atoms with Crippen molar-refractivity contribution in [1.29, 1.82) is 0 Å². The molecular weight excluding hydrogens is 565 g/mol. The Labute approximate surface area is 238 Å². The first-order chi connectivity index (χ1) is 18.6. The Morgan fingerprint density at radius 1 is 1.15 bits per heavy atom. The van der Waals surface area contributed by atoms with Crippen LogP contribution in [0, 0.1) is 5.92 Å². The topological polar surface area (TPSA) is 93.2 Å². The highest BCUT2D eigenvalue weighted by atomic mass is 32.2. The zero-order valence-corrected chi connectivity index (χ0v) is 24.3. The summed E-state index contributed by atoms with van der Waals surface area (Å²) in [7, 11) is -3.88.